The van der Waals surface area contributed by atoms with E-state index >= 15 is 0 Å². The van der Waals surface area contributed by atoms with E-state index in [1.807, 2.05) is 0 Å². The molecule has 0 aromatic rings. The van der Waals surface area contributed by atoms with Crippen LogP contribution in [0.3, 0.4) is 0 Å². The first-order valence-electron chi connectivity index (χ1n) is 4.59. The molecule has 2 N–H and O–H groups in total. The smallest absolute Gasteiger partial charge is 0.0774 e. The Morgan fingerprint density at radius 2 is 2.00 bits per heavy atom. The summed E-state index contributed by atoms with van der Waals surface area (Å²) in [7, 11) is 1.57. The summed E-state index contributed by atoms with van der Waals surface area (Å²) in [4.78, 5) is 0. The largest absolute Gasteiger partial charge is 0.393 e. The lowest BCUT2D eigenvalue weighted by Crippen LogP contribution is -2.18. The average molecular weight is 174 g/mol. The van der Waals surface area contributed by atoms with E-state index in [0.717, 1.165) is 12.8 Å². The third-order valence-electron chi connectivity index (χ3n) is 2.32. The van der Waals surface area contributed by atoms with Gasteiger partial charge in [0.15, 0.2) is 0 Å². The Morgan fingerprint density at radius 3 is 2.50 bits per heavy atom. The molecule has 1 saturated carbocycles. The summed E-state index contributed by atoms with van der Waals surface area (Å²) in [5, 5.41) is 18.7. The standard InChI is InChI=1S/C9H18O3/c1-12-6-8(10)4-5-9(11)7-2-3-7/h7-11H,2-6H2,1H3. The summed E-state index contributed by atoms with van der Waals surface area (Å²) in [5.74, 6) is 0.514. The number of aliphatic hydroxyl groups excluding tert-OH is 2. The second-order valence-corrected chi connectivity index (χ2v) is 3.59. The van der Waals surface area contributed by atoms with Crippen molar-refractivity contribution >= 4 is 0 Å². The third-order valence-corrected chi connectivity index (χ3v) is 2.32. The van der Waals surface area contributed by atoms with Crippen molar-refractivity contribution < 1.29 is 14.9 Å². The van der Waals surface area contributed by atoms with Crippen molar-refractivity contribution in [2.24, 2.45) is 5.92 Å². The van der Waals surface area contributed by atoms with Gasteiger partial charge in [0, 0.05) is 7.11 Å². The highest BCUT2D eigenvalue weighted by Crippen LogP contribution is 2.34. The van der Waals surface area contributed by atoms with E-state index in [4.69, 9.17) is 4.74 Å². The summed E-state index contributed by atoms with van der Waals surface area (Å²) in [5.41, 5.74) is 0. The van der Waals surface area contributed by atoms with Crippen molar-refractivity contribution in [3.63, 3.8) is 0 Å². The lowest BCUT2D eigenvalue weighted by molar-refractivity contribution is 0.0432. The second-order valence-electron chi connectivity index (χ2n) is 3.59. The van der Waals surface area contributed by atoms with Gasteiger partial charge in [0.25, 0.3) is 0 Å². The van der Waals surface area contributed by atoms with E-state index in [2.05, 4.69) is 0 Å². The highest BCUT2D eigenvalue weighted by molar-refractivity contribution is 4.81. The zero-order valence-corrected chi connectivity index (χ0v) is 7.57. The molecule has 1 aliphatic rings. The zero-order chi connectivity index (χ0) is 8.97. The predicted octanol–water partition coefficient (Wildman–Crippen LogP) is 0.545. The van der Waals surface area contributed by atoms with Crippen molar-refractivity contribution in [3.05, 3.63) is 0 Å². The van der Waals surface area contributed by atoms with E-state index in [1.165, 1.54) is 0 Å². The maximum atomic E-state index is 9.45. The zero-order valence-electron chi connectivity index (χ0n) is 7.57. The highest BCUT2D eigenvalue weighted by Gasteiger charge is 2.29. The number of rotatable bonds is 6. The van der Waals surface area contributed by atoms with Gasteiger partial charge in [-0.25, -0.2) is 0 Å². The molecule has 3 heteroatoms. The van der Waals surface area contributed by atoms with Gasteiger partial charge in [-0.15, -0.1) is 0 Å². The summed E-state index contributed by atoms with van der Waals surface area (Å²) >= 11 is 0. The molecule has 1 fully saturated rings. The van der Waals surface area contributed by atoms with E-state index in [-0.39, 0.29) is 6.10 Å². The van der Waals surface area contributed by atoms with Gasteiger partial charge in [-0.2, -0.15) is 0 Å². The fraction of sp³-hybridized carbons (Fsp3) is 1.00. The van der Waals surface area contributed by atoms with Crippen LogP contribution in [0.25, 0.3) is 0 Å². The minimum Gasteiger partial charge on any atom is -0.393 e. The van der Waals surface area contributed by atoms with Crippen LogP contribution in [0.1, 0.15) is 25.7 Å². The van der Waals surface area contributed by atoms with Gasteiger partial charge in [0.1, 0.15) is 0 Å². The molecule has 0 heterocycles. The van der Waals surface area contributed by atoms with Gasteiger partial charge in [-0.1, -0.05) is 0 Å². The Bertz CT molecular complexity index is 123. The monoisotopic (exact) mass is 174 g/mol. The third kappa shape index (κ3) is 3.52. The number of ether oxygens (including phenoxy) is 1. The fourth-order valence-electron chi connectivity index (χ4n) is 1.36. The van der Waals surface area contributed by atoms with E-state index in [9.17, 15) is 10.2 Å². The molecule has 0 amide bonds. The van der Waals surface area contributed by atoms with Crippen LogP contribution in [-0.2, 0) is 4.74 Å². The maximum Gasteiger partial charge on any atom is 0.0774 e. The summed E-state index contributed by atoms with van der Waals surface area (Å²) in [6.07, 6.45) is 3.05. The SMILES string of the molecule is COCC(O)CCC(O)C1CC1. The molecule has 0 aromatic heterocycles. The summed E-state index contributed by atoms with van der Waals surface area (Å²) in [6.45, 7) is 0.372. The van der Waals surface area contributed by atoms with Gasteiger partial charge in [0.05, 0.1) is 18.8 Å². The number of aliphatic hydroxyl groups is 2. The van der Waals surface area contributed by atoms with Crippen LogP contribution in [0.5, 0.6) is 0 Å². The number of hydrogen-bond acceptors (Lipinski definition) is 3. The molecule has 1 rings (SSSR count). The van der Waals surface area contributed by atoms with Gasteiger partial charge in [0.2, 0.25) is 0 Å². The molecule has 0 aliphatic heterocycles. The molecular weight excluding hydrogens is 156 g/mol. The molecule has 2 unspecified atom stereocenters. The van der Waals surface area contributed by atoms with Crippen LogP contribution < -0.4 is 0 Å². The van der Waals surface area contributed by atoms with Crippen LogP contribution in [-0.4, -0.2) is 36.1 Å². The van der Waals surface area contributed by atoms with Crippen LogP contribution >= 0.6 is 0 Å². The van der Waals surface area contributed by atoms with Crippen LogP contribution in [0.15, 0.2) is 0 Å². The van der Waals surface area contributed by atoms with Crippen molar-refractivity contribution in [3.8, 4) is 0 Å². The minimum atomic E-state index is -0.414. The molecule has 0 aromatic carbocycles. The van der Waals surface area contributed by atoms with E-state index in [1.54, 1.807) is 7.11 Å². The van der Waals surface area contributed by atoms with Crippen molar-refractivity contribution in [2.45, 2.75) is 37.9 Å². The molecule has 0 radical (unpaired) electrons. The fourth-order valence-corrected chi connectivity index (χ4v) is 1.36. The lowest BCUT2D eigenvalue weighted by atomic mass is 10.1. The van der Waals surface area contributed by atoms with Crippen LogP contribution in [0.4, 0.5) is 0 Å². The lowest BCUT2D eigenvalue weighted by Gasteiger charge is -2.12. The molecule has 0 bridgehead atoms. The Labute approximate surface area is 73.4 Å². The molecule has 0 saturated heterocycles. The van der Waals surface area contributed by atoms with Crippen LogP contribution in [0.2, 0.25) is 0 Å². The number of hydrogen-bond donors (Lipinski definition) is 2. The first kappa shape index (κ1) is 9.96. The molecule has 72 valence electrons. The maximum absolute atomic E-state index is 9.45. The first-order valence-corrected chi connectivity index (χ1v) is 4.59. The molecule has 2 atom stereocenters. The van der Waals surface area contributed by atoms with Gasteiger partial charge < -0.3 is 14.9 Å². The average Bonchev–Trinajstić information content (AvgIpc) is 2.83. The molecular formula is C9H18O3. The minimum absolute atomic E-state index is 0.198. The quantitative estimate of drug-likeness (QED) is 0.618. The second kappa shape index (κ2) is 4.80. The molecule has 1 aliphatic carbocycles. The van der Waals surface area contributed by atoms with Crippen LogP contribution in [0, 0.1) is 5.92 Å². The first-order chi connectivity index (χ1) is 5.74. The Morgan fingerprint density at radius 1 is 1.33 bits per heavy atom. The molecule has 3 nitrogen and oxygen atoms in total. The molecule has 0 spiro atoms. The Hall–Kier alpha value is -0.120. The molecule has 12 heavy (non-hydrogen) atoms. The Kier molecular flexibility index (Phi) is 3.98. The van der Waals surface area contributed by atoms with Gasteiger partial charge in [-0.3, -0.25) is 0 Å². The summed E-state index contributed by atoms with van der Waals surface area (Å²) < 4.78 is 4.78. The topological polar surface area (TPSA) is 49.7 Å². The van der Waals surface area contributed by atoms with Crippen molar-refractivity contribution in [1.29, 1.82) is 0 Å². The number of methoxy groups -OCH3 is 1. The van der Waals surface area contributed by atoms with Crippen molar-refractivity contribution in [1.82, 2.24) is 0 Å². The predicted molar refractivity (Wildman–Crippen MR) is 45.8 cm³/mol. The van der Waals surface area contributed by atoms with Crippen molar-refractivity contribution in [2.75, 3.05) is 13.7 Å². The van der Waals surface area contributed by atoms with Gasteiger partial charge >= 0.3 is 0 Å². The Balaban J connectivity index is 1.99. The van der Waals surface area contributed by atoms with Gasteiger partial charge in [-0.05, 0) is 31.6 Å². The highest BCUT2D eigenvalue weighted by atomic mass is 16.5. The van der Waals surface area contributed by atoms with E-state index < -0.39 is 6.10 Å². The van der Waals surface area contributed by atoms with E-state index in [0.29, 0.717) is 25.4 Å². The summed E-state index contributed by atoms with van der Waals surface area (Å²) in [6, 6.07) is 0. The normalized spacial score (nSPS) is 22.2.